The maximum atomic E-state index is 14.0. The van der Waals surface area contributed by atoms with E-state index in [4.69, 9.17) is 4.42 Å². The molecule has 3 aromatic rings. The summed E-state index contributed by atoms with van der Waals surface area (Å²) in [6.07, 6.45) is 2.04. The third-order valence-corrected chi connectivity index (χ3v) is 7.95. The highest BCUT2D eigenvalue weighted by Gasteiger charge is 2.28. The molecule has 1 amide bonds. The molecule has 0 N–H and O–H groups in total. The predicted molar refractivity (Wildman–Crippen MR) is 123 cm³/mol. The molecule has 0 aliphatic carbocycles. The Kier molecular flexibility index (Phi) is 6.81. The largest absolute Gasteiger partial charge is 0.441 e. The molecule has 0 saturated heterocycles. The summed E-state index contributed by atoms with van der Waals surface area (Å²) in [4.78, 5) is 18.7. The lowest BCUT2D eigenvalue weighted by atomic mass is 10.1. The number of aryl methyl sites for hydroxylation is 1. The van der Waals surface area contributed by atoms with Crippen molar-refractivity contribution < 1.29 is 26.4 Å². The molecule has 2 heterocycles. The average Bonchev–Trinajstić information content (AvgIpc) is 3.45. The van der Waals surface area contributed by atoms with Crippen LogP contribution in [0.2, 0.25) is 0 Å². The van der Waals surface area contributed by atoms with Gasteiger partial charge in [-0.05, 0) is 42.3 Å². The molecule has 0 radical (unpaired) electrons. The fourth-order valence-electron chi connectivity index (χ4n) is 4.13. The van der Waals surface area contributed by atoms with Crippen LogP contribution in [0.3, 0.4) is 0 Å². The van der Waals surface area contributed by atoms with E-state index in [1.54, 1.807) is 30.9 Å². The Labute approximate surface area is 197 Å². The van der Waals surface area contributed by atoms with Gasteiger partial charge in [-0.15, -0.1) is 0 Å². The third-order valence-electron chi connectivity index (χ3n) is 5.91. The highest BCUT2D eigenvalue weighted by atomic mass is 32.2. The SMILES string of the molecule is CCN(CC)S(=O)(=O)c1ccc2c(c1)CCN2C(=O)CCc1ncc(-c2c(F)cccc2F)o1. The molecular formula is C24H25F2N3O4S. The van der Waals surface area contributed by atoms with E-state index in [1.165, 1.54) is 22.6 Å². The number of sulfonamides is 1. The fourth-order valence-corrected chi connectivity index (χ4v) is 5.64. The number of aromatic nitrogens is 1. The van der Waals surface area contributed by atoms with Crippen molar-refractivity contribution in [3.8, 4) is 11.3 Å². The lowest BCUT2D eigenvalue weighted by Gasteiger charge is -2.20. The van der Waals surface area contributed by atoms with Gasteiger partial charge in [-0.3, -0.25) is 4.79 Å². The smallest absolute Gasteiger partial charge is 0.243 e. The number of oxazole rings is 1. The number of amides is 1. The first kappa shape index (κ1) is 24.0. The summed E-state index contributed by atoms with van der Waals surface area (Å²) < 4.78 is 60.4. The van der Waals surface area contributed by atoms with Gasteiger partial charge < -0.3 is 9.32 Å². The lowest BCUT2D eigenvalue weighted by molar-refractivity contribution is -0.118. The zero-order chi connectivity index (χ0) is 24.5. The van der Waals surface area contributed by atoms with E-state index in [2.05, 4.69) is 4.98 Å². The maximum absolute atomic E-state index is 14.0. The van der Waals surface area contributed by atoms with Crippen LogP contribution < -0.4 is 4.90 Å². The minimum Gasteiger partial charge on any atom is -0.441 e. The van der Waals surface area contributed by atoms with Crippen LogP contribution >= 0.6 is 0 Å². The highest BCUT2D eigenvalue weighted by Crippen LogP contribution is 2.32. The van der Waals surface area contributed by atoms with Crippen LogP contribution in [-0.2, 0) is 27.7 Å². The first-order chi connectivity index (χ1) is 16.3. The van der Waals surface area contributed by atoms with Crippen molar-refractivity contribution in [3.63, 3.8) is 0 Å². The number of benzene rings is 2. The molecule has 2 aromatic carbocycles. The molecule has 0 unspecified atom stereocenters. The van der Waals surface area contributed by atoms with Crippen molar-refractivity contribution in [1.82, 2.24) is 9.29 Å². The van der Waals surface area contributed by atoms with Gasteiger partial charge in [0, 0.05) is 38.2 Å². The molecule has 1 aliphatic rings. The molecule has 0 atom stereocenters. The van der Waals surface area contributed by atoms with E-state index >= 15 is 0 Å². The molecule has 1 aliphatic heterocycles. The number of halogens is 2. The Balaban J connectivity index is 1.45. The third kappa shape index (κ3) is 4.47. The Morgan fingerprint density at radius 1 is 1.15 bits per heavy atom. The number of hydrogen-bond acceptors (Lipinski definition) is 5. The van der Waals surface area contributed by atoms with E-state index < -0.39 is 21.7 Å². The predicted octanol–water partition coefficient (Wildman–Crippen LogP) is 4.17. The first-order valence-electron chi connectivity index (χ1n) is 11.1. The van der Waals surface area contributed by atoms with Gasteiger partial charge in [0.15, 0.2) is 11.7 Å². The van der Waals surface area contributed by atoms with Crippen LogP contribution in [0.15, 0.2) is 51.9 Å². The molecule has 180 valence electrons. The average molecular weight is 490 g/mol. The van der Waals surface area contributed by atoms with Crippen LogP contribution in [-0.4, -0.2) is 43.2 Å². The minimum absolute atomic E-state index is 0.0356. The quantitative estimate of drug-likeness (QED) is 0.474. The maximum Gasteiger partial charge on any atom is 0.243 e. The van der Waals surface area contributed by atoms with Crippen LogP contribution in [0.1, 0.15) is 31.7 Å². The van der Waals surface area contributed by atoms with Crippen LogP contribution in [0.5, 0.6) is 0 Å². The number of fused-ring (bicyclic) bond motifs is 1. The topological polar surface area (TPSA) is 83.7 Å². The molecule has 0 fully saturated rings. The van der Waals surface area contributed by atoms with Gasteiger partial charge in [0.2, 0.25) is 15.9 Å². The Morgan fingerprint density at radius 2 is 1.85 bits per heavy atom. The summed E-state index contributed by atoms with van der Waals surface area (Å²) in [5, 5.41) is 0. The second-order valence-corrected chi connectivity index (χ2v) is 9.83. The zero-order valence-electron chi connectivity index (χ0n) is 18.9. The van der Waals surface area contributed by atoms with E-state index in [-0.39, 0.29) is 40.9 Å². The normalized spacial score (nSPS) is 13.5. The van der Waals surface area contributed by atoms with E-state index in [9.17, 15) is 22.0 Å². The van der Waals surface area contributed by atoms with E-state index in [1.807, 2.05) is 0 Å². The van der Waals surface area contributed by atoms with Crippen molar-refractivity contribution in [2.75, 3.05) is 24.5 Å². The van der Waals surface area contributed by atoms with Crippen molar-refractivity contribution in [2.24, 2.45) is 0 Å². The number of anilines is 1. The molecule has 0 saturated carbocycles. The van der Waals surface area contributed by atoms with Gasteiger partial charge in [-0.25, -0.2) is 22.2 Å². The summed E-state index contributed by atoms with van der Waals surface area (Å²) in [5.41, 5.74) is 1.19. The molecule has 1 aromatic heterocycles. The lowest BCUT2D eigenvalue weighted by Crippen LogP contribution is -2.30. The van der Waals surface area contributed by atoms with Crippen molar-refractivity contribution in [1.29, 1.82) is 0 Å². The number of carbonyl (C=O) groups is 1. The molecule has 4 rings (SSSR count). The van der Waals surface area contributed by atoms with Crippen LogP contribution in [0.4, 0.5) is 14.5 Å². The fraction of sp³-hybridized carbons (Fsp3) is 0.333. The second-order valence-electron chi connectivity index (χ2n) is 7.89. The molecular weight excluding hydrogens is 464 g/mol. The van der Waals surface area contributed by atoms with Gasteiger partial charge >= 0.3 is 0 Å². The number of nitrogens with zero attached hydrogens (tertiary/aromatic N) is 3. The summed E-state index contributed by atoms with van der Waals surface area (Å²) in [6.45, 7) is 4.79. The van der Waals surface area contributed by atoms with Gasteiger partial charge in [0.1, 0.15) is 11.6 Å². The number of rotatable bonds is 8. The Hall–Kier alpha value is -3.11. The number of hydrogen-bond donors (Lipinski definition) is 0. The monoisotopic (exact) mass is 489 g/mol. The van der Waals surface area contributed by atoms with Gasteiger partial charge in [-0.1, -0.05) is 19.9 Å². The van der Waals surface area contributed by atoms with Gasteiger partial charge in [-0.2, -0.15) is 4.31 Å². The van der Waals surface area contributed by atoms with Gasteiger partial charge in [0.05, 0.1) is 16.7 Å². The number of carbonyl (C=O) groups excluding carboxylic acids is 1. The molecule has 0 spiro atoms. The van der Waals surface area contributed by atoms with Crippen LogP contribution in [0.25, 0.3) is 11.3 Å². The van der Waals surface area contributed by atoms with Crippen molar-refractivity contribution in [3.05, 3.63) is 65.7 Å². The minimum atomic E-state index is -3.58. The van der Waals surface area contributed by atoms with Crippen LogP contribution in [0, 0.1) is 11.6 Å². The first-order valence-corrected chi connectivity index (χ1v) is 12.5. The zero-order valence-corrected chi connectivity index (χ0v) is 19.7. The van der Waals surface area contributed by atoms with E-state index in [0.717, 1.165) is 17.7 Å². The summed E-state index contributed by atoms with van der Waals surface area (Å²) in [6, 6.07) is 8.36. The summed E-state index contributed by atoms with van der Waals surface area (Å²) >= 11 is 0. The molecule has 10 heteroatoms. The summed E-state index contributed by atoms with van der Waals surface area (Å²) in [7, 11) is -3.58. The molecule has 0 bridgehead atoms. The van der Waals surface area contributed by atoms with E-state index in [0.29, 0.717) is 31.7 Å². The second kappa shape index (κ2) is 9.63. The van der Waals surface area contributed by atoms with Crippen molar-refractivity contribution >= 4 is 21.6 Å². The highest BCUT2D eigenvalue weighted by molar-refractivity contribution is 7.89. The Morgan fingerprint density at radius 3 is 2.53 bits per heavy atom. The standard InChI is InChI=1S/C24H25F2N3O4S/c1-3-28(4-2)34(31,32)17-8-9-20-16(14-17)12-13-29(20)23(30)11-10-22-27-15-21(33-22)24-18(25)6-5-7-19(24)26/h5-9,14-15H,3-4,10-13H2,1-2H3. The van der Waals surface area contributed by atoms with Gasteiger partial charge in [0.25, 0.3) is 0 Å². The summed E-state index contributed by atoms with van der Waals surface area (Å²) in [5.74, 6) is -1.52. The molecule has 34 heavy (non-hydrogen) atoms. The molecule has 7 nitrogen and oxygen atoms in total. The Bertz CT molecular complexity index is 1300. The van der Waals surface area contributed by atoms with Crippen molar-refractivity contribution in [2.45, 2.75) is 38.0 Å².